The maximum Gasteiger partial charge on any atom is 0.264 e. The molecule has 7 heteroatoms. The van der Waals surface area contributed by atoms with Crippen LogP contribution >= 0.6 is 0 Å². The Bertz CT molecular complexity index is 1250. The highest BCUT2D eigenvalue weighted by atomic mass is 19.1. The van der Waals surface area contributed by atoms with E-state index >= 15 is 0 Å². The van der Waals surface area contributed by atoms with Gasteiger partial charge in [-0.2, -0.15) is 0 Å². The SMILES string of the molecule is Cc1cccc2c1N(C(=O)COc1ccccc1)CCCN(C(C)C)CCN(C(=O)Cc1ccc(F)cc1)C2. The molecule has 0 unspecified atom stereocenters. The van der Waals surface area contributed by atoms with Gasteiger partial charge in [-0.25, -0.2) is 4.39 Å². The van der Waals surface area contributed by atoms with Gasteiger partial charge in [0.1, 0.15) is 11.6 Å². The molecule has 39 heavy (non-hydrogen) atoms. The van der Waals surface area contributed by atoms with Crippen molar-refractivity contribution in [1.29, 1.82) is 0 Å². The van der Waals surface area contributed by atoms with E-state index in [1.807, 2.05) is 65.3 Å². The molecule has 3 aromatic carbocycles. The van der Waals surface area contributed by atoms with Gasteiger partial charge >= 0.3 is 0 Å². The van der Waals surface area contributed by atoms with E-state index in [0.717, 1.165) is 41.9 Å². The van der Waals surface area contributed by atoms with Crippen LogP contribution in [-0.4, -0.2) is 60.4 Å². The van der Waals surface area contributed by atoms with E-state index in [2.05, 4.69) is 18.7 Å². The number of anilines is 1. The maximum absolute atomic E-state index is 13.6. The van der Waals surface area contributed by atoms with Gasteiger partial charge in [0.25, 0.3) is 5.91 Å². The average Bonchev–Trinajstić information content (AvgIpc) is 2.96. The van der Waals surface area contributed by atoms with E-state index in [1.54, 1.807) is 12.1 Å². The number of rotatable bonds is 6. The van der Waals surface area contributed by atoms with E-state index < -0.39 is 0 Å². The molecule has 0 aromatic heterocycles. The third kappa shape index (κ3) is 7.67. The third-order valence-corrected chi connectivity index (χ3v) is 7.19. The molecule has 0 aliphatic carbocycles. The molecule has 0 spiro atoms. The summed E-state index contributed by atoms with van der Waals surface area (Å²) in [4.78, 5) is 33.2. The fraction of sp³-hybridized carbons (Fsp3) is 0.375. The zero-order chi connectivity index (χ0) is 27.8. The summed E-state index contributed by atoms with van der Waals surface area (Å²) < 4.78 is 19.3. The molecule has 0 saturated carbocycles. The average molecular weight is 532 g/mol. The van der Waals surface area contributed by atoms with Crippen molar-refractivity contribution >= 4 is 17.5 Å². The number of benzene rings is 3. The quantitative estimate of drug-likeness (QED) is 0.437. The van der Waals surface area contributed by atoms with Crippen LogP contribution in [0, 0.1) is 12.7 Å². The summed E-state index contributed by atoms with van der Waals surface area (Å²) >= 11 is 0. The maximum atomic E-state index is 13.6. The zero-order valence-corrected chi connectivity index (χ0v) is 23.1. The molecule has 0 fully saturated rings. The molecule has 3 aromatic rings. The van der Waals surface area contributed by atoms with Crippen molar-refractivity contribution in [3.63, 3.8) is 0 Å². The lowest BCUT2D eigenvalue weighted by molar-refractivity contribution is -0.131. The van der Waals surface area contributed by atoms with Crippen LogP contribution in [0.5, 0.6) is 5.75 Å². The van der Waals surface area contributed by atoms with Crippen molar-refractivity contribution in [2.24, 2.45) is 0 Å². The number of carbonyl (C=O) groups excluding carboxylic acids is 2. The Morgan fingerprint density at radius 3 is 2.33 bits per heavy atom. The van der Waals surface area contributed by atoms with Gasteiger partial charge in [-0.3, -0.25) is 14.5 Å². The Kier molecular flexibility index (Phi) is 9.71. The largest absolute Gasteiger partial charge is 0.484 e. The summed E-state index contributed by atoms with van der Waals surface area (Å²) in [6.45, 7) is 9.28. The van der Waals surface area contributed by atoms with Crippen LogP contribution in [0.15, 0.2) is 72.8 Å². The van der Waals surface area contributed by atoms with Crippen LogP contribution in [0.3, 0.4) is 0 Å². The molecule has 6 nitrogen and oxygen atoms in total. The van der Waals surface area contributed by atoms with E-state index in [1.165, 1.54) is 12.1 Å². The summed E-state index contributed by atoms with van der Waals surface area (Å²) in [5.41, 5.74) is 3.52. The molecule has 4 rings (SSSR count). The van der Waals surface area contributed by atoms with Crippen LogP contribution in [0.1, 0.15) is 37.0 Å². The van der Waals surface area contributed by atoms with Crippen molar-refractivity contribution in [3.8, 4) is 5.75 Å². The number of hydrogen-bond acceptors (Lipinski definition) is 4. The van der Waals surface area contributed by atoms with Gasteiger partial charge in [-0.15, -0.1) is 0 Å². The van der Waals surface area contributed by atoms with Gasteiger partial charge in [0.2, 0.25) is 5.91 Å². The molecule has 1 aliphatic rings. The lowest BCUT2D eigenvalue weighted by Crippen LogP contribution is -2.42. The minimum absolute atomic E-state index is 0.0256. The highest BCUT2D eigenvalue weighted by Gasteiger charge is 2.26. The minimum Gasteiger partial charge on any atom is -0.484 e. The normalized spacial score (nSPS) is 15.0. The van der Waals surface area contributed by atoms with Gasteiger partial charge in [0.05, 0.1) is 12.1 Å². The first-order valence-electron chi connectivity index (χ1n) is 13.6. The number of nitrogens with zero attached hydrogens (tertiary/aromatic N) is 3. The monoisotopic (exact) mass is 531 g/mol. The highest BCUT2D eigenvalue weighted by molar-refractivity contribution is 5.96. The fourth-order valence-electron chi connectivity index (χ4n) is 5.03. The molecule has 0 atom stereocenters. The summed E-state index contributed by atoms with van der Waals surface area (Å²) in [6, 6.07) is 21.7. The number of hydrogen-bond donors (Lipinski definition) is 0. The predicted octanol–water partition coefficient (Wildman–Crippen LogP) is 5.23. The van der Waals surface area contributed by atoms with Gasteiger partial charge in [0.15, 0.2) is 6.61 Å². The second-order valence-corrected chi connectivity index (χ2v) is 10.3. The molecule has 0 saturated heterocycles. The van der Waals surface area contributed by atoms with Crippen molar-refractivity contribution < 1.29 is 18.7 Å². The Labute approximate surface area is 231 Å². The number of halogens is 1. The minimum atomic E-state index is -0.320. The molecule has 0 N–H and O–H groups in total. The number of aryl methyl sites for hydroxylation is 1. The molecule has 0 radical (unpaired) electrons. The van der Waals surface area contributed by atoms with Crippen molar-refractivity contribution in [1.82, 2.24) is 9.80 Å². The second kappa shape index (κ2) is 13.4. The smallest absolute Gasteiger partial charge is 0.264 e. The van der Waals surface area contributed by atoms with Crippen molar-refractivity contribution in [3.05, 3.63) is 95.3 Å². The number of para-hydroxylation sites is 2. The van der Waals surface area contributed by atoms with E-state index in [0.29, 0.717) is 31.4 Å². The van der Waals surface area contributed by atoms with Gasteiger partial charge < -0.3 is 14.5 Å². The van der Waals surface area contributed by atoms with E-state index in [4.69, 9.17) is 4.74 Å². The molecule has 1 aliphatic heterocycles. The summed E-state index contributed by atoms with van der Waals surface area (Å²) in [5.74, 6) is 0.188. The van der Waals surface area contributed by atoms with Crippen LogP contribution in [0.2, 0.25) is 0 Å². The summed E-state index contributed by atoms with van der Waals surface area (Å²) in [6.07, 6.45) is 0.989. The fourth-order valence-corrected chi connectivity index (χ4v) is 5.03. The number of fused-ring (bicyclic) bond motifs is 1. The summed E-state index contributed by atoms with van der Waals surface area (Å²) in [7, 11) is 0. The third-order valence-electron chi connectivity index (χ3n) is 7.19. The topological polar surface area (TPSA) is 53.1 Å². The standard InChI is InChI=1S/C32H38FN3O3/c1-24(2)34-17-8-18-36(31(38)23-39-29-11-5-4-6-12-29)32-25(3)9-7-10-27(32)22-35(20-19-34)30(37)21-26-13-15-28(33)16-14-26/h4-7,9-16,24H,8,17-23H2,1-3H3. The molecule has 206 valence electrons. The number of carbonyl (C=O) groups is 2. The zero-order valence-electron chi connectivity index (χ0n) is 23.1. The molecule has 2 amide bonds. The van der Waals surface area contributed by atoms with Gasteiger partial charge in [0, 0.05) is 38.8 Å². The summed E-state index contributed by atoms with van der Waals surface area (Å²) in [5, 5.41) is 0. The number of amides is 2. The Hall–Kier alpha value is -3.71. The van der Waals surface area contributed by atoms with Crippen LogP contribution in [-0.2, 0) is 22.6 Å². The van der Waals surface area contributed by atoms with Gasteiger partial charge in [-0.1, -0.05) is 48.5 Å². The first-order valence-corrected chi connectivity index (χ1v) is 13.6. The van der Waals surface area contributed by atoms with Crippen molar-refractivity contribution in [2.75, 3.05) is 37.7 Å². The van der Waals surface area contributed by atoms with Crippen LogP contribution < -0.4 is 9.64 Å². The molecule has 1 heterocycles. The molecular weight excluding hydrogens is 493 g/mol. The van der Waals surface area contributed by atoms with Crippen LogP contribution in [0.25, 0.3) is 0 Å². The Morgan fingerprint density at radius 2 is 1.62 bits per heavy atom. The second-order valence-electron chi connectivity index (χ2n) is 10.3. The van der Waals surface area contributed by atoms with Crippen LogP contribution in [0.4, 0.5) is 10.1 Å². The Morgan fingerprint density at radius 1 is 0.872 bits per heavy atom. The lowest BCUT2D eigenvalue weighted by Gasteiger charge is -2.30. The highest BCUT2D eigenvalue weighted by Crippen LogP contribution is 2.28. The molecule has 0 bridgehead atoms. The Balaban J connectivity index is 1.63. The predicted molar refractivity (Wildman–Crippen MR) is 152 cm³/mol. The van der Waals surface area contributed by atoms with E-state index in [9.17, 15) is 14.0 Å². The lowest BCUT2D eigenvalue weighted by atomic mass is 10.0. The van der Waals surface area contributed by atoms with Gasteiger partial charge in [-0.05, 0) is 68.1 Å². The first-order chi connectivity index (χ1) is 18.8. The first kappa shape index (κ1) is 28.3. The van der Waals surface area contributed by atoms with E-state index in [-0.39, 0.29) is 30.7 Å². The molecular formula is C32H38FN3O3. The number of ether oxygens (including phenoxy) is 1. The van der Waals surface area contributed by atoms with Crippen molar-refractivity contribution in [2.45, 2.75) is 46.2 Å².